The van der Waals surface area contributed by atoms with Crippen LogP contribution >= 0.6 is 11.3 Å². The number of aromatic carboxylic acids is 1. The molecule has 0 saturated heterocycles. The molecule has 6 aromatic rings. The van der Waals surface area contributed by atoms with E-state index in [1.165, 1.54) is 28.4 Å². The summed E-state index contributed by atoms with van der Waals surface area (Å²) in [4.78, 5) is 157. The maximum Gasteiger partial charge on any atom is 0.410 e. The largest absolute Gasteiger partial charge is 0.481 e. The fourth-order valence-corrected chi connectivity index (χ4v) is 18.9. The second kappa shape index (κ2) is 34.3. The van der Waals surface area contributed by atoms with E-state index in [9.17, 15) is 75.9 Å². The zero-order valence-corrected chi connectivity index (χ0v) is 64.1. The van der Waals surface area contributed by atoms with E-state index in [4.69, 9.17) is 25.3 Å². The number of primary amides is 1. The number of carbonyl (C=O) groups is 11. The van der Waals surface area contributed by atoms with Gasteiger partial charge in [0.1, 0.15) is 36.3 Å². The number of hydrogen-bond acceptors (Lipinski definition) is 20. The molecule has 111 heavy (non-hydrogen) atoms. The molecule has 4 aliphatic carbocycles. The van der Waals surface area contributed by atoms with Crippen molar-refractivity contribution in [1.82, 2.24) is 50.8 Å². The van der Waals surface area contributed by atoms with Gasteiger partial charge in [-0.2, -0.15) is 13.5 Å². The third kappa shape index (κ3) is 20.5. The van der Waals surface area contributed by atoms with Crippen molar-refractivity contribution in [2.24, 2.45) is 27.9 Å². The molecule has 0 spiro atoms. The molecule has 10 amide bonds. The van der Waals surface area contributed by atoms with Gasteiger partial charge >= 0.3 is 24.1 Å². The molecule has 4 saturated carbocycles. The number of carboxylic acid groups (broad SMARTS) is 2. The molecule has 592 valence electrons. The average Bonchev–Trinajstić information content (AvgIpc) is 1.35. The topological polar surface area (TPSA) is 453 Å². The van der Waals surface area contributed by atoms with E-state index in [2.05, 4.69) is 50.7 Å². The summed E-state index contributed by atoms with van der Waals surface area (Å²) in [7, 11) is -4.88. The number of imide groups is 1. The number of anilines is 3. The van der Waals surface area contributed by atoms with Crippen molar-refractivity contribution < 1.29 is 85.4 Å². The van der Waals surface area contributed by atoms with Crippen LogP contribution in [0.3, 0.4) is 0 Å². The molecule has 5 atom stereocenters. The van der Waals surface area contributed by atoms with Crippen LogP contribution in [-0.2, 0) is 79.3 Å². The zero-order valence-electron chi connectivity index (χ0n) is 62.5. The lowest BCUT2D eigenvalue weighted by molar-refractivity contribution is -0.248. The average molecular weight is 1570 g/mol. The summed E-state index contributed by atoms with van der Waals surface area (Å²) in [6.45, 7) is 10.8. The van der Waals surface area contributed by atoms with Crippen LogP contribution in [0.5, 0.6) is 0 Å². The fourth-order valence-electron chi connectivity index (χ4n) is 17.4. The Morgan fingerprint density at radius 3 is 2.17 bits per heavy atom. The quantitative estimate of drug-likeness (QED) is 0.0103. The Labute approximate surface area is 645 Å². The van der Waals surface area contributed by atoms with Crippen molar-refractivity contribution in [2.75, 3.05) is 60.6 Å². The second-order valence-corrected chi connectivity index (χ2v) is 33.4. The van der Waals surface area contributed by atoms with E-state index >= 15 is 0 Å². The number of nitrogens with zero attached hydrogens (tertiary/aromatic N) is 7. The third-order valence-electron chi connectivity index (χ3n) is 21.2. The van der Waals surface area contributed by atoms with Gasteiger partial charge in [0.25, 0.3) is 27.8 Å². The number of rotatable bonds is 36. The predicted octanol–water partition coefficient (Wildman–Crippen LogP) is 7.50. The highest BCUT2D eigenvalue weighted by Gasteiger charge is 2.66. The molecule has 2 aliphatic heterocycles. The number of aliphatic carboxylic acids is 1. The van der Waals surface area contributed by atoms with E-state index in [0.29, 0.717) is 78.5 Å². The highest BCUT2D eigenvalue weighted by atomic mass is 32.2. The van der Waals surface area contributed by atoms with E-state index in [-0.39, 0.29) is 105 Å². The first-order valence-corrected chi connectivity index (χ1v) is 39.5. The number of pyridine rings is 1. The van der Waals surface area contributed by atoms with Crippen LogP contribution < -0.4 is 42.5 Å². The number of nitrogens with two attached hydrogens (primary N) is 1. The van der Waals surface area contributed by atoms with Crippen LogP contribution in [0, 0.1) is 29.1 Å². The van der Waals surface area contributed by atoms with Gasteiger partial charge in [0.2, 0.25) is 23.6 Å². The Morgan fingerprint density at radius 2 is 1.49 bits per heavy atom. The van der Waals surface area contributed by atoms with Crippen LogP contribution in [0.1, 0.15) is 154 Å². The number of fused-ring (bicyclic) bond motifs is 2. The Balaban J connectivity index is 0.690. The Hall–Kier alpha value is -10.7. The number of para-hydroxylation sites is 1. The molecule has 11 N–H and O–H groups in total. The zero-order chi connectivity index (χ0) is 79.7. The number of unbranched alkanes of at least 4 members (excludes halogenated alkanes) is 2. The standard InChI is InChI=1S/C77H94N14O18S2/c1-46(2)64(86-68(99)57(38-111(105,106)107)82-60(92)18-7-6-10-30-90-61(93)25-26-62(90)94)69(100)83-56(16-12-29-79-71(78)103)67(98)81-50-21-19-48(20-22-50)37-108-73(104)88(32-28-63(95)96)33-34-109-77-42-74(4)39-75(5,43-77)41-76(40-74,44-77)45-91-47(3)53(35-80-91)51-23-24-59(85-65(51)70(101)102)89-31-27-49-13-11-14-52(54(49)36-89)66(97)87-72-84-55-15-8-9-17-58(55)110-72/h8-9,11,13-15,17,19-26,35,46,56-57,64H,6-7,10,12,16,18,27-34,36-45H2,1-5H3,(H,81,98)(H,82,92)(H,83,100)(H,86,99)(H,95,96)(H,101,102)(H3,78,79,103)(H,84,87,97)(H,105,106,107)/t56-,57-,64-,74?,75?,76?,77?/m0/s1. The monoisotopic (exact) mass is 1570 g/mol. The predicted molar refractivity (Wildman–Crippen MR) is 408 cm³/mol. The van der Waals surface area contributed by atoms with E-state index in [1.54, 1.807) is 44.3 Å². The molecule has 32 nitrogen and oxygen atoms in total. The van der Waals surface area contributed by atoms with Crippen molar-refractivity contribution in [3.63, 3.8) is 0 Å². The number of hydrogen-bond donors (Lipinski definition) is 10. The van der Waals surface area contributed by atoms with Crippen LogP contribution in [0.15, 0.2) is 97.2 Å². The van der Waals surface area contributed by atoms with Crippen LogP contribution in [0.2, 0.25) is 0 Å². The number of carbonyl (C=O) groups excluding carboxylic acids is 9. The molecule has 5 heterocycles. The molecule has 12 rings (SSSR count). The Morgan fingerprint density at radius 1 is 0.757 bits per heavy atom. The first-order valence-electron chi connectivity index (χ1n) is 37.1. The van der Waals surface area contributed by atoms with Crippen molar-refractivity contribution in [3.05, 3.63) is 131 Å². The molecular weight excluding hydrogens is 1470 g/mol. The van der Waals surface area contributed by atoms with Crippen molar-refractivity contribution in [1.29, 1.82) is 0 Å². The molecule has 3 aromatic heterocycles. The van der Waals surface area contributed by atoms with E-state index in [1.807, 2.05) is 59.0 Å². The molecule has 2 unspecified atom stereocenters. The summed E-state index contributed by atoms with van der Waals surface area (Å²) in [5, 5.41) is 41.4. The summed E-state index contributed by atoms with van der Waals surface area (Å²) in [6.07, 6.45) is 9.29. The lowest BCUT2D eigenvalue weighted by Gasteiger charge is -2.69. The molecule has 34 heteroatoms. The number of benzene rings is 3. The van der Waals surface area contributed by atoms with Gasteiger partial charge in [-0.05, 0) is 159 Å². The first-order chi connectivity index (χ1) is 52.7. The van der Waals surface area contributed by atoms with E-state index in [0.717, 1.165) is 76.2 Å². The van der Waals surface area contributed by atoms with Gasteiger partial charge in [-0.3, -0.25) is 57.8 Å². The lowest BCUT2D eigenvalue weighted by Crippen LogP contribution is -2.64. The van der Waals surface area contributed by atoms with Gasteiger partial charge in [0.15, 0.2) is 10.8 Å². The van der Waals surface area contributed by atoms with Gasteiger partial charge in [-0.15, -0.1) is 0 Å². The Kier molecular flexibility index (Phi) is 25.1. The summed E-state index contributed by atoms with van der Waals surface area (Å²) in [6, 6.07) is 17.7. The van der Waals surface area contributed by atoms with Crippen molar-refractivity contribution in [2.45, 2.75) is 168 Å². The molecule has 3 aromatic carbocycles. The number of aromatic nitrogens is 4. The van der Waals surface area contributed by atoms with Gasteiger partial charge in [-0.25, -0.2) is 24.4 Å². The maximum absolute atomic E-state index is 14.0. The Bertz CT molecular complexity index is 4660. The van der Waals surface area contributed by atoms with Crippen LogP contribution in [-0.4, -0.2) is 187 Å². The SMILES string of the molecule is Cc1c(-c2ccc(N3CCc4cccc(C(=O)Nc5nc6ccccc6s5)c4C3)nc2C(=O)O)cnn1CC12CC3(C)CC(C)(C1)CC(OCCN(CCC(=O)O)C(=O)OCc1ccc(NC(=O)[C@H](CCCNC(N)=O)NC(=O)[C@@H](NC(=O)[C@H](CS(=O)(=O)O)NC(=O)CCCCCN4C(=O)C=CC4=O)C(C)C)cc1)(C3)C2. The minimum absolute atomic E-state index is 0.00707. The smallest absolute Gasteiger partial charge is 0.410 e. The van der Waals surface area contributed by atoms with Gasteiger partial charge in [-0.1, -0.05) is 81.9 Å². The van der Waals surface area contributed by atoms with Gasteiger partial charge in [0.05, 0.1) is 35.0 Å². The number of nitrogens with one attached hydrogen (secondary N) is 6. The van der Waals surface area contributed by atoms with Gasteiger partial charge < -0.3 is 61.8 Å². The number of carboxylic acids is 2. The lowest BCUT2D eigenvalue weighted by atomic mass is 9.39. The van der Waals surface area contributed by atoms with Crippen molar-refractivity contribution >= 4 is 114 Å². The number of urea groups is 1. The minimum Gasteiger partial charge on any atom is -0.481 e. The summed E-state index contributed by atoms with van der Waals surface area (Å²) < 4.78 is 49.6. The van der Waals surface area contributed by atoms with Crippen LogP contribution in [0.25, 0.3) is 21.3 Å². The molecule has 4 fully saturated rings. The third-order valence-corrected chi connectivity index (χ3v) is 22.9. The summed E-state index contributed by atoms with van der Waals surface area (Å²) in [5.74, 6) is -8.53. The summed E-state index contributed by atoms with van der Waals surface area (Å²) in [5.41, 5.74) is 9.74. The number of ether oxygens (including phenoxy) is 2. The normalized spacial score (nSPS) is 20.5. The highest BCUT2D eigenvalue weighted by molar-refractivity contribution is 7.85. The molecule has 0 radical (unpaired) electrons. The first kappa shape index (κ1) is 81.3. The van der Waals surface area contributed by atoms with Gasteiger partial charge in [0, 0.05) is 92.5 Å². The highest BCUT2D eigenvalue weighted by Crippen LogP contribution is 2.72. The number of thiazole rings is 1. The summed E-state index contributed by atoms with van der Waals surface area (Å²) >= 11 is 1.39. The molecule has 4 bridgehead atoms. The minimum atomic E-state index is -4.88. The number of amides is 10. The van der Waals surface area contributed by atoms with Crippen molar-refractivity contribution in [3.8, 4) is 11.1 Å². The maximum atomic E-state index is 14.0. The molecular formula is C77H94N14O18S2. The second-order valence-electron chi connectivity index (χ2n) is 30.9. The molecule has 6 aliphatic rings. The van der Waals surface area contributed by atoms with E-state index < -0.39 is 105 Å². The fraction of sp³-hybridized carbons (Fsp3) is 0.481. The van der Waals surface area contributed by atoms with Crippen LogP contribution in [0.4, 0.5) is 26.2 Å².